The van der Waals surface area contributed by atoms with E-state index in [1.807, 2.05) is 18.2 Å². The smallest absolute Gasteiger partial charge is 0.0945 e. The number of nitrogens with one attached hydrogen (secondary N) is 1. The molecule has 3 heteroatoms. The fourth-order valence-corrected chi connectivity index (χ4v) is 2.19. The van der Waals surface area contributed by atoms with Gasteiger partial charge in [-0.2, -0.15) is 0 Å². The zero-order valence-corrected chi connectivity index (χ0v) is 10.4. The van der Waals surface area contributed by atoms with E-state index >= 15 is 0 Å². The number of ether oxygens (including phenoxy) is 2. The first kappa shape index (κ1) is 12.6. The number of benzene rings is 1. The van der Waals surface area contributed by atoms with Crippen molar-refractivity contribution in [2.45, 2.75) is 25.0 Å². The van der Waals surface area contributed by atoms with Crippen LogP contribution in [0.5, 0.6) is 0 Å². The van der Waals surface area contributed by atoms with E-state index in [2.05, 4.69) is 17.4 Å². The van der Waals surface area contributed by atoms with Crippen LogP contribution >= 0.6 is 0 Å². The highest BCUT2D eigenvalue weighted by Crippen LogP contribution is 2.15. The van der Waals surface area contributed by atoms with Crippen molar-refractivity contribution in [1.29, 1.82) is 0 Å². The van der Waals surface area contributed by atoms with Crippen LogP contribution < -0.4 is 5.32 Å². The third kappa shape index (κ3) is 3.80. The van der Waals surface area contributed by atoms with Gasteiger partial charge in [0.25, 0.3) is 0 Å². The molecule has 17 heavy (non-hydrogen) atoms. The van der Waals surface area contributed by atoms with Gasteiger partial charge in [-0.15, -0.1) is 0 Å². The van der Waals surface area contributed by atoms with Crippen LogP contribution in [0.4, 0.5) is 0 Å². The van der Waals surface area contributed by atoms with Gasteiger partial charge in [0, 0.05) is 26.8 Å². The van der Waals surface area contributed by atoms with Crippen LogP contribution in [0.15, 0.2) is 30.3 Å². The molecule has 94 valence electrons. The lowest BCUT2D eigenvalue weighted by Gasteiger charge is -2.18. The van der Waals surface area contributed by atoms with Crippen LogP contribution in [0.3, 0.4) is 0 Å². The molecule has 3 nitrogen and oxygen atoms in total. The molecule has 0 saturated carbocycles. The number of hydrogen-bond donors (Lipinski definition) is 1. The molecule has 1 fully saturated rings. The molecule has 2 atom stereocenters. The lowest BCUT2D eigenvalue weighted by Crippen LogP contribution is -2.30. The van der Waals surface area contributed by atoms with E-state index in [1.54, 1.807) is 7.11 Å². The maximum Gasteiger partial charge on any atom is 0.0945 e. The first-order valence-corrected chi connectivity index (χ1v) is 6.30. The highest BCUT2D eigenvalue weighted by Gasteiger charge is 2.16. The van der Waals surface area contributed by atoms with Crippen LogP contribution in [0.2, 0.25) is 0 Å². The van der Waals surface area contributed by atoms with E-state index in [0.29, 0.717) is 6.10 Å². The van der Waals surface area contributed by atoms with Gasteiger partial charge in [0.05, 0.1) is 12.2 Å². The Kier molecular flexibility index (Phi) is 4.98. The van der Waals surface area contributed by atoms with Gasteiger partial charge in [-0.1, -0.05) is 30.3 Å². The normalized spacial score (nSPS) is 21.6. The number of methoxy groups -OCH3 is 1. The van der Waals surface area contributed by atoms with E-state index in [0.717, 1.165) is 19.7 Å². The van der Waals surface area contributed by atoms with E-state index in [4.69, 9.17) is 9.47 Å². The van der Waals surface area contributed by atoms with Crippen LogP contribution in [-0.4, -0.2) is 32.9 Å². The Bertz CT molecular complexity index is 309. The molecule has 0 aliphatic carbocycles. The first-order chi connectivity index (χ1) is 8.40. The summed E-state index contributed by atoms with van der Waals surface area (Å²) in [6.45, 7) is 2.67. The van der Waals surface area contributed by atoms with E-state index in [-0.39, 0.29) is 6.10 Å². The predicted octanol–water partition coefficient (Wildman–Crippen LogP) is 2.14. The van der Waals surface area contributed by atoms with Crippen molar-refractivity contribution in [3.63, 3.8) is 0 Å². The second-order valence-corrected chi connectivity index (χ2v) is 4.43. The molecule has 0 radical (unpaired) electrons. The Morgan fingerprint density at radius 1 is 1.41 bits per heavy atom. The van der Waals surface area contributed by atoms with Crippen LogP contribution in [0.1, 0.15) is 24.5 Å². The summed E-state index contributed by atoms with van der Waals surface area (Å²) in [6, 6.07) is 10.3. The van der Waals surface area contributed by atoms with Gasteiger partial charge in [0.1, 0.15) is 0 Å². The second kappa shape index (κ2) is 6.74. The van der Waals surface area contributed by atoms with Crippen LogP contribution in [-0.2, 0) is 9.47 Å². The number of hydrogen-bond acceptors (Lipinski definition) is 3. The van der Waals surface area contributed by atoms with Crippen molar-refractivity contribution in [3.8, 4) is 0 Å². The molecule has 1 aromatic rings. The fraction of sp³-hybridized carbons (Fsp3) is 0.571. The summed E-state index contributed by atoms with van der Waals surface area (Å²) < 4.78 is 11.1. The molecule has 1 N–H and O–H groups in total. The molecule has 1 aliphatic rings. The number of rotatable bonds is 6. The van der Waals surface area contributed by atoms with Gasteiger partial charge < -0.3 is 14.8 Å². The Morgan fingerprint density at radius 2 is 2.24 bits per heavy atom. The lowest BCUT2D eigenvalue weighted by molar-refractivity contribution is 0.0855. The summed E-state index contributed by atoms with van der Waals surface area (Å²) in [5, 5.41) is 3.43. The minimum absolute atomic E-state index is 0.123. The predicted molar refractivity (Wildman–Crippen MR) is 68.0 cm³/mol. The van der Waals surface area contributed by atoms with Gasteiger partial charge in [-0.3, -0.25) is 0 Å². The minimum Gasteiger partial charge on any atom is -0.377 e. The Hall–Kier alpha value is -0.900. The fourth-order valence-electron chi connectivity index (χ4n) is 2.19. The minimum atomic E-state index is 0.123. The van der Waals surface area contributed by atoms with Crippen molar-refractivity contribution >= 4 is 0 Å². The van der Waals surface area contributed by atoms with E-state index in [9.17, 15) is 0 Å². The molecule has 0 aromatic heterocycles. The summed E-state index contributed by atoms with van der Waals surface area (Å²) in [5.41, 5.74) is 1.22. The molecule has 0 amide bonds. The molecular formula is C14H21NO2. The maximum atomic E-state index is 5.57. The summed E-state index contributed by atoms with van der Waals surface area (Å²) in [6.07, 6.45) is 2.88. The average molecular weight is 235 g/mol. The SMILES string of the molecule is COC(CNCC1CCCO1)c1ccccc1. The summed E-state index contributed by atoms with van der Waals surface area (Å²) in [7, 11) is 1.76. The van der Waals surface area contributed by atoms with Gasteiger partial charge in [-0.25, -0.2) is 0 Å². The van der Waals surface area contributed by atoms with Crippen molar-refractivity contribution in [2.24, 2.45) is 0 Å². The second-order valence-electron chi connectivity index (χ2n) is 4.43. The molecule has 1 heterocycles. The highest BCUT2D eigenvalue weighted by atomic mass is 16.5. The maximum absolute atomic E-state index is 5.57. The molecule has 0 bridgehead atoms. The topological polar surface area (TPSA) is 30.5 Å². The first-order valence-electron chi connectivity index (χ1n) is 6.30. The Morgan fingerprint density at radius 3 is 2.88 bits per heavy atom. The van der Waals surface area contributed by atoms with Crippen LogP contribution in [0, 0.1) is 0 Å². The Labute approximate surface area is 103 Å². The molecule has 1 saturated heterocycles. The van der Waals surface area contributed by atoms with Crippen molar-refractivity contribution in [2.75, 3.05) is 26.8 Å². The third-order valence-corrected chi connectivity index (χ3v) is 3.18. The summed E-state index contributed by atoms with van der Waals surface area (Å²) in [5.74, 6) is 0. The average Bonchev–Trinajstić information content (AvgIpc) is 2.89. The van der Waals surface area contributed by atoms with Gasteiger partial charge in [-0.05, 0) is 18.4 Å². The summed E-state index contributed by atoms with van der Waals surface area (Å²) >= 11 is 0. The van der Waals surface area contributed by atoms with Crippen molar-refractivity contribution in [1.82, 2.24) is 5.32 Å². The quantitative estimate of drug-likeness (QED) is 0.819. The van der Waals surface area contributed by atoms with Gasteiger partial charge in [0.2, 0.25) is 0 Å². The zero-order chi connectivity index (χ0) is 11.9. The molecule has 1 aromatic carbocycles. The molecule has 1 aliphatic heterocycles. The van der Waals surface area contributed by atoms with Crippen molar-refractivity contribution in [3.05, 3.63) is 35.9 Å². The largest absolute Gasteiger partial charge is 0.377 e. The van der Waals surface area contributed by atoms with E-state index in [1.165, 1.54) is 18.4 Å². The highest BCUT2D eigenvalue weighted by molar-refractivity contribution is 5.17. The van der Waals surface area contributed by atoms with Gasteiger partial charge in [0.15, 0.2) is 0 Å². The van der Waals surface area contributed by atoms with Crippen molar-refractivity contribution < 1.29 is 9.47 Å². The standard InChI is InChI=1S/C14H21NO2/c1-16-14(12-6-3-2-4-7-12)11-15-10-13-8-5-9-17-13/h2-4,6-7,13-15H,5,8-11H2,1H3. The lowest BCUT2D eigenvalue weighted by atomic mass is 10.1. The van der Waals surface area contributed by atoms with Gasteiger partial charge >= 0.3 is 0 Å². The molecule has 2 unspecified atom stereocenters. The zero-order valence-electron chi connectivity index (χ0n) is 10.4. The monoisotopic (exact) mass is 235 g/mol. The molecular weight excluding hydrogens is 214 g/mol. The Balaban J connectivity index is 1.75. The third-order valence-electron chi connectivity index (χ3n) is 3.18. The summed E-state index contributed by atoms with van der Waals surface area (Å²) in [4.78, 5) is 0. The molecule has 0 spiro atoms. The molecule has 2 rings (SSSR count). The van der Waals surface area contributed by atoms with E-state index < -0.39 is 0 Å². The van der Waals surface area contributed by atoms with Crippen LogP contribution in [0.25, 0.3) is 0 Å².